The fourth-order valence-corrected chi connectivity index (χ4v) is 2.44. The summed E-state index contributed by atoms with van der Waals surface area (Å²) in [7, 11) is 1.55. The van der Waals surface area contributed by atoms with Gasteiger partial charge in [-0.25, -0.2) is 4.98 Å². The smallest absolute Gasteiger partial charge is 0.233 e. The van der Waals surface area contributed by atoms with Crippen molar-refractivity contribution in [1.82, 2.24) is 10.3 Å². The van der Waals surface area contributed by atoms with E-state index in [9.17, 15) is 4.79 Å². The summed E-state index contributed by atoms with van der Waals surface area (Å²) >= 11 is 5.06. The molecule has 0 aliphatic rings. The number of hydrogen-bond donors (Lipinski definition) is 2. The van der Waals surface area contributed by atoms with Crippen LogP contribution in [0.2, 0.25) is 0 Å². The Kier molecular flexibility index (Phi) is 5.88. The van der Waals surface area contributed by atoms with Crippen LogP contribution in [-0.4, -0.2) is 23.0 Å². The number of hydrogen-bond acceptors (Lipinski definition) is 4. The lowest BCUT2D eigenvalue weighted by atomic mass is 9.81. The third-order valence-electron chi connectivity index (χ3n) is 3.57. The monoisotopic (exact) mass is 295 g/mol. The molecule has 20 heavy (non-hydrogen) atoms. The van der Waals surface area contributed by atoms with Gasteiger partial charge >= 0.3 is 0 Å². The Bertz CT molecular complexity index is 487. The van der Waals surface area contributed by atoms with E-state index in [0.717, 1.165) is 5.56 Å². The van der Waals surface area contributed by atoms with Gasteiger partial charge in [0, 0.05) is 18.8 Å². The number of nitrogens with two attached hydrogens (primary N) is 1. The van der Waals surface area contributed by atoms with Gasteiger partial charge in [-0.2, -0.15) is 0 Å². The number of methoxy groups -OCH3 is 1. The van der Waals surface area contributed by atoms with Crippen molar-refractivity contribution in [2.45, 2.75) is 33.2 Å². The van der Waals surface area contributed by atoms with Gasteiger partial charge in [0.2, 0.25) is 11.8 Å². The van der Waals surface area contributed by atoms with Crippen LogP contribution in [0.1, 0.15) is 32.3 Å². The van der Waals surface area contributed by atoms with E-state index in [1.807, 2.05) is 19.9 Å². The number of amides is 1. The first-order valence-corrected chi connectivity index (χ1v) is 6.98. The summed E-state index contributed by atoms with van der Waals surface area (Å²) in [6, 6.07) is 3.60. The molecule has 0 aromatic carbocycles. The van der Waals surface area contributed by atoms with E-state index < -0.39 is 5.41 Å². The average molecular weight is 295 g/mol. The fraction of sp³-hybridized carbons (Fsp3) is 0.500. The number of rotatable bonds is 7. The average Bonchev–Trinajstić information content (AvgIpc) is 2.46. The van der Waals surface area contributed by atoms with Crippen LogP contribution in [0.15, 0.2) is 18.3 Å². The lowest BCUT2D eigenvalue weighted by Gasteiger charge is -2.28. The number of thiocarbonyl (C=S) groups is 1. The molecule has 1 aromatic rings. The van der Waals surface area contributed by atoms with Crippen molar-refractivity contribution >= 4 is 23.1 Å². The van der Waals surface area contributed by atoms with Crippen LogP contribution >= 0.6 is 12.2 Å². The molecule has 1 rings (SSSR count). The summed E-state index contributed by atoms with van der Waals surface area (Å²) < 4.78 is 5.04. The molecule has 0 unspecified atom stereocenters. The molecule has 1 amide bonds. The van der Waals surface area contributed by atoms with Gasteiger partial charge in [0.15, 0.2) is 0 Å². The summed E-state index contributed by atoms with van der Waals surface area (Å²) in [5, 5.41) is 2.88. The van der Waals surface area contributed by atoms with Crippen molar-refractivity contribution in [1.29, 1.82) is 0 Å². The SMILES string of the molecule is CCC(CC)(C(=O)NCc1ccnc(OC)c1)C(N)=S. The van der Waals surface area contributed by atoms with Crippen molar-refractivity contribution in [2.75, 3.05) is 7.11 Å². The van der Waals surface area contributed by atoms with E-state index in [2.05, 4.69) is 10.3 Å². The third kappa shape index (κ3) is 3.45. The molecule has 110 valence electrons. The van der Waals surface area contributed by atoms with Gasteiger partial charge in [-0.1, -0.05) is 26.1 Å². The van der Waals surface area contributed by atoms with Gasteiger partial charge in [-0.3, -0.25) is 4.79 Å². The molecular weight excluding hydrogens is 274 g/mol. The van der Waals surface area contributed by atoms with Crippen LogP contribution < -0.4 is 15.8 Å². The molecule has 6 heteroatoms. The first-order valence-electron chi connectivity index (χ1n) is 6.57. The van der Waals surface area contributed by atoms with Crippen molar-refractivity contribution in [3.63, 3.8) is 0 Å². The maximum atomic E-state index is 12.4. The Morgan fingerprint density at radius 2 is 2.15 bits per heavy atom. The van der Waals surface area contributed by atoms with E-state index in [0.29, 0.717) is 25.3 Å². The molecule has 0 aliphatic carbocycles. The largest absolute Gasteiger partial charge is 0.481 e. The molecule has 0 fully saturated rings. The van der Waals surface area contributed by atoms with Crippen LogP contribution in [0.5, 0.6) is 5.88 Å². The van der Waals surface area contributed by atoms with Crippen LogP contribution in [0.4, 0.5) is 0 Å². The van der Waals surface area contributed by atoms with Crippen LogP contribution in [-0.2, 0) is 11.3 Å². The predicted octanol–water partition coefficient (Wildman–Crippen LogP) is 1.80. The van der Waals surface area contributed by atoms with E-state index in [1.54, 1.807) is 19.4 Å². The Morgan fingerprint density at radius 3 is 2.65 bits per heavy atom. The third-order valence-corrected chi connectivity index (χ3v) is 3.97. The molecule has 5 nitrogen and oxygen atoms in total. The first-order chi connectivity index (χ1) is 9.50. The number of aromatic nitrogens is 1. The number of carbonyl (C=O) groups excluding carboxylic acids is 1. The summed E-state index contributed by atoms with van der Waals surface area (Å²) in [5.74, 6) is 0.383. The molecule has 3 N–H and O–H groups in total. The Balaban J connectivity index is 2.77. The van der Waals surface area contributed by atoms with Crippen molar-refractivity contribution in [3.8, 4) is 5.88 Å². The van der Waals surface area contributed by atoms with Gasteiger partial charge in [0.1, 0.15) is 0 Å². The van der Waals surface area contributed by atoms with E-state index >= 15 is 0 Å². The molecule has 0 aliphatic heterocycles. The minimum absolute atomic E-state index is 0.134. The molecule has 1 heterocycles. The second-order valence-corrected chi connectivity index (χ2v) is 4.98. The van der Waals surface area contributed by atoms with Crippen LogP contribution in [0, 0.1) is 5.41 Å². The standard InChI is InChI=1S/C14H21N3O2S/c1-4-14(5-2,12(15)20)13(18)17-9-10-6-7-16-11(8-10)19-3/h6-8H,4-5,9H2,1-3H3,(H2,15,20)(H,17,18). The highest BCUT2D eigenvalue weighted by atomic mass is 32.1. The number of nitrogens with zero attached hydrogens (tertiary/aromatic N) is 1. The molecule has 0 saturated carbocycles. The van der Waals surface area contributed by atoms with Gasteiger partial charge in [-0.15, -0.1) is 0 Å². The maximum absolute atomic E-state index is 12.4. The number of pyridine rings is 1. The summed E-state index contributed by atoms with van der Waals surface area (Å²) in [6.45, 7) is 4.22. The molecule has 0 spiro atoms. The Hall–Kier alpha value is -1.69. The summed E-state index contributed by atoms with van der Waals surface area (Å²) in [5.41, 5.74) is 5.89. The maximum Gasteiger partial charge on any atom is 0.233 e. The lowest BCUT2D eigenvalue weighted by molar-refractivity contribution is -0.128. The van der Waals surface area contributed by atoms with E-state index in [4.69, 9.17) is 22.7 Å². The van der Waals surface area contributed by atoms with E-state index in [-0.39, 0.29) is 10.9 Å². The van der Waals surface area contributed by atoms with Crippen molar-refractivity contribution in [3.05, 3.63) is 23.9 Å². The normalized spacial score (nSPS) is 10.9. The van der Waals surface area contributed by atoms with Gasteiger partial charge in [-0.05, 0) is 24.5 Å². The number of carbonyl (C=O) groups is 1. The van der Waals surface area contributed by atoms with Gasteiger partial charge in [0.25, 0.3) is 0 Å². The zero-order valence-electron chi connectivity index (χ0n) is 12.1. The second-order valence-electron chi connectivity index (χ2n) is 4.54. The zero-order chi connectivity index (χ0) is 15.2. The van der Waals surface area contributed by atoms with Crippen molar-refractivity contribution < 1.29 is 9.53 Å². The Labute approximate surface area is 124 Å². The van der Waals surface area contributed by atoms with E-state index in [1.165, 1.54) is 0 Å². The lowest BCUT2D eigenvalue weighted by Crippen LogP contribution is -2.48. The molecule has 0 atom stereocenters. The summed E-state index contributed by atoms with van der Waals surface area (Å²) in [4.78, 5) is 16.6. The highest BCUT2D eigenvalue weighted by Crippen LogP contribution is 2.27. The quantitative estimate of drug-likeness (QED) is 0.750. The summed E-state index contributed by atoms with van der Waals surface area (Å²) in [6.07, 6.45) is 2.81. The second kappa shape index (κ2) is 7.19. The zero-order valence-corrected chi connectivity index (χ0v) is 12.9. The fourth-order valence-electron chi connectivity index (χ4n) is 2.06. The predicted molar refractivity (Wildman–Crippen MR) is 82.4 cm³/mol. The van der Waals surface area contributed by atoms with Crippen molar-refractivity contribution in [2.24, 2.45) is 11.1 Å². The minimum atomic E-state index is -0.771. The molecule has 0 bridgehead atoms. The molecule has 0 radical (unpaired) electrons. The topological polar surface area (TPSA) is 77.2 Å². The van der Waals surface area contributed by atoms with Gasteiger partial charge in [0.05, 0.1) is 17.5 Å². The number of nitrogens with one attached hydrogen (secondary N) is 1. The Morgan fingerprint density at radius 1 is 1.50 bits per heavy atom. The highest BCUT2D eigenvalue weighted by molar-refractivity contribution is 7.80. The molecule has 1 aromatic heterocycles. The minimum Gasteiger partial charge on any atom is -0.481 e. The molecular formula is C14H21N3O2S. The molecule has 0 saturated heterocycles. The van der Waals surface area contributed by atoms with Gasteiger partial charge < -0.3 is 15.8 Å². The highest BCUT2D eigenvalue weighted by Gasteiger charge is 2.37. The van der Waals surface area contributed by atoms with Crippen LogP contribution in [0.3, 0.4) is 0 Å². The number of ether oxygens (including phenoxy) is 1. The first kappa shape index (κ1) is 16.4. The van der Waals surface area contributed by atoms with Crippen LogP contribution in [0.25, 0.3) is 0 Å².